The molecule has 0 aliphatic heterocycles. The molecule has 0 amide bonds. The number of hydrogen-bond donors (Lipinski definition) is 1. The van der Waals surface area contributed by atoms with Crippen LogP contribution in [0.2, 0.25) is 0 Å². The first-order valence-corrected chi connectivity index (χ1v) is 6.11. The van der Waals surface area contributed by atoms with E-state index in [-0.39, 0.29) is 31.1 Å². The molecule has 0 bridgehead atoms. The van der Waals surface area contributed by atoms with Gasteiger partial charge in [-0.05, 0) is 12.1 Å². The van der Waals surface area contributed by atoms with Crippen molar-refractivity contribution in [3.63, 3.8) is 0 Å². The fraction of sp³-hybridized carbons (Fsp3) is 0.250. The molecule has 0 atom stereocenters. The van der Waals surface area contributed by atoms with Gasteiger partial charge in [-0.25, -0.2) is 4.98 Å². The summed E-state index contributed by atoms with van der Waals surface area (Å²) < 4.78 is 0. The molecule has 0 radical (unpaired) electrons. The van der Waals surface area contributed by atoms with E-state index in [0.29, 0.717) is 6.54 Å². The first kappa shape index (κ1) is 16.6. The smallest absolute Gasteiger partial charge is 0.126 e. The Labute approximate surface area is 130 Å². The summed E-state index contributed by atoms with van der Waals surface area (Å²) >= 11 is 1.61. The zero-order valence-corrected chi connectivity index (χ0v) is 15.1. The van der Waals surface area contributed by atoms with E-state index in [1.165, 1.54) is 0 Å². The molecule has 0 unspecified atom stereocenters. The molecule has 3 nitrogen and oxygen atoms in total. The SMILES string of the molecule is CC.[CH2-]CNc1cnc(-c2cccnc2)s1.[U]. The molecule has 5 heteroatoms. The van der Waals surface area contributed by atoms with Gasteiger partial charge in [-0.3, -0.25) is 4.98 Å². The summed E-state index contributed by atoms with van der Waals surface area (Å²) in [5.41, 5.74) is 1.05. The Hall–Kier alpha value is -0.368. The molecule has 90 valence electrons. The maximum atomic E-state index is 4.29. The van der Waals surface area contributed by atoms with Crippen LogP contribution in [0, 0.1) is 38.0 Å². The molecule has 0 aromatic carbocycles. The minimum absolute atomic E-state index is 0. The predicted octanol–water partition coefficient (Wildman–Crippen LogP) is 3.48. The Balaban J connectivity index is 0.000000811. The largest absolute Gasteiger partial charge is 0.406 e. The van der Waals surface area contributed by atoms with Crippen molar-refractivity contribution in [3.05, 3.63) is 37.6 Å². The van der Waals surface area contributed by atoms with Gasteiger partial charge in [-0.15, -0.1) is 6.54 Å². The zero-order chi connectivity index (χ0) is 11.8. The number of nitrogens with zero attached hydrogens (tertiary/aromatic N) is 2. The van der Waals surface area contributed by atoms with Gasteiger partial charge in [0.2, 0.25) is 0 Å². The number of anilines is 1. The van der Waals surface area contributed by atoms with Crippen LogP contribution in [-0.4, -0.2) is 16.5 Å². The van der Waals surface area contributed by atoms with Crippen molar-refractivity contribution < 1.29 is 31.1 Å². The average Bonchev–Trinajstić information content (AvgIpc) is 2.82. The summed E-state index contributed by atoms with van der Waals surface area (Å²) in [6.45, 7) is 8.39. The molecule has 0 aliphatic carbocycles. The fourth-order valence-corrected chi connectivity index (χ4v) is 1.93. The van der Waals surface area contributed by atoms with Crippen LogP contribution in [0.4, 0.5) is 5.00 Å². The Kier molecular flexibility index (Phi) is 9.43. The second-order valence-corrected chi connectivity index (χ2v) is 3.73. The molecule has 0 saturated carbocycles. The van der Waals surface area contributed by atoms with Crippen LogP contribution in [0.15, 0.2) is 30.7 Å². The van der Waals surface area contributed by atoms with E-state index in [4.69, 9.17) is 0 Å². The van der Waals surface area contributed by atoms with Gasteiger partial charge in [0.05, 0.1) is 6.20 Å². The molecule has 1 N–H and O–H groups in total. The van der Waals surface area contributed by atoms with Crippen molar-refractivity contribution in [3.8, 4) is 10.6 Å². The first-order valence-electron chi connectivity index (χ1n) is 5.29. The van der Waals surface area contributed by atoms with Crippen molar-refractivity contribution >= 4 is 16.3 Å². The third-order valence-corrected chi connectivity index (χ3v) is 2.72. The topological polar surface area (TPSA) is 37.8 Å². The Bertz CT molecular complexity index is 403. The van der Waals surface area contributed by atoms with E-state index in [1.807, 2.05) is 38.4 Å². The molecule has 2 aromatic rings. The first-order chi connectivity index (χ1) is 7.90. The van der Waals surface area contributed by atoms with Gasteiger partial charge >= 0.3 is 0 Å². The molecule has 0 saturated heterocycles. The van der Waals surface area contributed by atoms with Crippen molar-refractivity contribution in [1.29, 1.82) is 0 Å². The van der Waals surface area contributed by atoms with Crippen molar-refractivity contribution in [2.24, 2.45) is 0 Å². The summed E-state index contributed by atoms with van der Waals surface area (Å²) in [6.07, 6.45) is 5.39. The number of hydrogen-bond acceptors (Lipinski definition) is 4. The quantitative estimate of drug-likeness (QED) is 0.696. The van der Waals surface area contributed by atoms with Crippen LogP contribution in [0.25, 0.3) is 10.6 Å². The normalized spacial score (nSPS) is 8.65. The number of pyridine rings is 1. The number of aromatic nitrogens is 2. The molecule has 0 spiro atoms. The standard InChI is InChI=1S/C10H10N3S.C2H6.U/c1-2-12-9-7-13-10(14-9)8-4-3-5-11-6-8;1-2;/h3-7,12H,1-2H2;1-2H3;/q-1;;. The van der Waals surface area contributed by atoms with Crippen molar-refractivity contribution in [2.75, 3.05) is 11.9 Å². The number of nitrogens with one attached hydrogen (secondary N) is 1. The number of thiazole rings is 1. The third-order valence-electron chi connectivity index (χ3n) is 1.71. The third kappa shape index (κ3) is 5.20. The Morgan fingerprint density at radius 1 is 1.35 bits per heavy atom. The van der Waals surface area contributed by atoms with Crippen LogP contribution >= 0.6 is 11.3 Å². The van der Waals surface area contributed by atoms with Crippen molar-refractivity contribution in [1.82, 2.24) is 9.97 Å². The molecule has 0 fully saturated rings. The van der Waals surface area contributed by atoms with Gasteiger partial charge < -0.3 is 12.2 Å². The molecule has 0 aliphatic rings. The minimum Gasteiger partial charge on any atom is -0.406 e. The summed E-state index contributed by atoms with van der Waals surface area (Å²) in [7, 11) is 0. The van der Waals surface area contributed by atoms with E-state index >= 15 is 0 Å². The van der Waals surface area contributed by atoms with E-state index < -0.39 is 0 Å². The predicted molar refractivity (Wildman–Crippen MR) is 70.5 cm³/mol. The zero-order valence-electron chi connectivity index (χ0n) is 10.1. The summed E-state index contributed by atoms with van der Waals surface area (Å²) in [5.74, 6) is 0. The van der Waals surface area contributed by atoms with Gasteiger partial charge in [0.25, 0.3) is 0 Å². The molecular weight excluding hydrogens is 456 g/mol. The monoisotopic (exact) mass is 472 g/mol. The molecule has 2 aromatic heterocycles. The van der Waals surface area contributed by atoms with Gasteiger partial charge in [0.1, 0.15) is 10.0 Å². The van der Waals surface area contributed by atoms with Crippen LogP contribution in [0.3, 0.4) is 0 Å². The van der Waals surface area contributed by atoms with Crippen LogP contribution in [-0.2, 0) is 0 Å². The van der Waals surface area contributed by atoms with E-state index in [0.717, 1.165) is 15.6 Å². The average molecular weight is 472 g/mol. The van der Waals surface area contributed by atoms with Crippen LogP contribution < -0.4 is 5.32 Å². The summed E-state index contributed by atoms with van der Waals surface area (Å²) in [5, 5.41) is 5.14. The number of rotatable bonds is 3. The Morgan fingerprint density at radius 3 is 2.71 bits per heavy atom. The molecule has 2 heterocycles. The fourth-order valence-electron chi connectivity index (χ4n) is 1.10. The maximum Gasteiger partial charge on any atom is 0.126 e. The van der Waals surface area contributed by atoms with Crippen LogP contribution in [0.1, 0.15) is 13.8 Å². The van der Waals surface area contributed by atoms with Gasteiger partial charge in [-0.1, -0.05) is 25.2 Å². The maximum absolute atomic E-state index is 4.29. The second-order valence-electron chi connectivity index (χ2n) is 2.70. The van der Waals surface area contributed by atoms with Crippen LogP contribution in [0.5, 0.6) is 0 Å². The molecule has 2 rings (SSSR count). The van der Waals surface area contributed by atoms with Gasteiger partial charge in [-0.2, -0.15) is 0 Å². The Morgan fingerprint density at radius 2 is 2.12 bits per heavy atom. The van der Waals surface area contributed by atoms with Gasteiger partial charge in [0, 0.05) is 49.1 Å². The molecule has 17 heavy (non-hydrogen) atoms. The summed E-state index contributed by atoms with van der Waals surface area (Å²) in [4.78, 5) is 8.34. The van der Waals surface area contributed by atoms with Crippen molar-refractivity contribution in [2.45, 2.75) is 13.8 Å². The van der Waals surface area contributed by atoms with E-state index in [1.54, 1.807) is 17.5 Å². The second kappa shape index (κ2) is 9.64. The van der Waals surface area contributed by atoms with E-state index in [9.17, 15) is 0 Å². The van der Waals surface area contributed by atoms with E-state index in [2.05, 4.69) is 22.2 Å². The van der Waals surface area contributed by atoms with Gasteiger partial charge in [0.15, 0.2) is 0 Å². The summed E-state index contributed by atoms with van der Waals surface area (Å²) in [6, 6.07) is 3.91. The molecular formula is C12H16N3SU-. The minimum atomic E-state index is 0.